The molecule has 0 aliphatic carbocycles. The van der Waals surface area contributed by atoms with Crippen LogP contribution in [0, 0.1) is 6.92 Å². The summed E-state index contributed by atoms with van der Waals surface area (Å²) < 4.78 is 0. The first kappa shape index (κ1) is 14.6. The molecule has 7 heteroatoms. The minimum atomic E-state index is -1.08. The van der Waals surface area contributed by atoms with E-state index >= 15 is 0 Å². The quantitative estimate of drug-likeness (QED) is 0.647. The summed E-state index contributed by atoms with van der Waals surface area (Å²) in [4.78, 5) is 37.0. The fourth-order valence-electron chi connectivity index (χ4n) is 1.42. The van der Waals surface area contributed by atoms with Crippen LogP contribution in [0.4, 0.5) is 0 Å². The maximum atomic E-state index is 11.7. The number of carboxylic acid groups (broad SMARTS) is 1. The molecule has 0 aromatic carbocycles. The molecule has 0 bridgehead atoms. The molecule has 19 heavy (non-hydrogen) atoms. The Kier molecular flexibility index (Phi) is 4.99. The molecule has 0 aliphatic heterocycles. The van der Waals surface area contributed by atoms with Crippen LogP contribution in [0.3, 0.4) is 0 Å². The molecule has 3 N–H and O–H groups in total. The van der Waals surface area contributed by atoms with Crippen molar-refractivity contribution in [3.8, 4) is 0 Å². The lowest BCUT2D eigenvalue weighted by Gasteiger charge is -2.06. The highest BCUT2D eigenvalue weighted by Gasteiger charge is 2.12. The maximum absolute atomic E-state index is 11.7. The molecular weight excluding hydrogens is 250 g/mol. The van der Waals surface area contributed by atoms with E-state index in [2.05, 4.69) is 15.6 Å². The lowest BCUT2D eigenvalue weighted by atomic mass is 10.2. The van der Waals surface area contributed by atoms with Crippen LogP contribution in [0.25, 0.3) is 0 Å². The maximum Gasteiger partial charge on any atom is 0.337 e. The number of pyridine rings is 1. The van der Waals surface area contributed by atoms with E-state index in [0.29, 0.717) is 6.54 Å². The Balaban J connectivity index is 2.60. The van der Waals surface area contributed by atoms with Gasteiger partial charge in [0.1, 0.15) is 5.69 Å². The van der Waals surface area contributed by atoms with Gasteiger partial charge in [0.25, 0.3) is 5.91 Å². The second-order valence-electron chi connectivity index (χ2n) is 3.87. The normalized spacial score (nSPS) is 9.79. The predicted octanol–water partition coefficient (Wildman–Crippen LogP) is -0.0459. The summed E-state index contributed by atoms with van der Waals surface area (Å²) >= 11 is 0. The van der Waals surface area contributed by atoms with Gasteiger partial charge in [-0.25, -0.2) is 9.78 Å². The van der Waals surface area contributed by atoms with Crippen LogP contribution in [0.15, 0.2) is 12.1 Å². The summed E-state index contributed by atoms with van der Waals surface area (Å²) in [5.41, 5.74) is 0.488. The van der Waals surface area contributed by atoms with Crippen LogP contribution in [0.2, 0.25) is 0 Å². The number of amides is 2. The number of nitrogens with one attached hydrogen (secondary N) is 2. The zero-order valence-corrected chi connectivity index (χ0v) is 10.7. The third kappa shape index (κ3) is 4.38. The first-order valence-electron chi connectivity index (χ1n) is 5.65. The standard InChI is InChI=1S/C12H15N3O4/c1-7-9(12(18)19)3-4-10(15-7)11(17)14-6-5-13-8(2)16/h3-4H,5-6H2,1-2H3,(H,13,16)(H,14,17)(H,18,19). The zero-order chi connectivity index (χ0) is 14.4. The lowest BCUT2D eigenvalue weighted by Crippen LogP contribution is -2.34. The molecule has 0 radical (unpaired) electrons. The van der Waals surface area contributed by atoms with Gasteiger partial charge in [0.05, 0.1) is 11.3 Å². The minimum Gasteiger partial charge on any atom is -0.478 e. The highest BCUT2D eigenvalue weighted by molar-refractivity contribution is 5.94. The van der Waals surface area contributed by atoms with E-state index in [4.69, 9.17) is 5.11 Å². The van der Waals surface area contributed by atoms with E-state index in [9.17, 15) is 14.4 Å². The van der Waals surface area contributed by atoms with E-state index < -0.39 is 11.9 Å². The Hall–Kier alpha value is -2.44. The van der Waals surface area contributed by atoms with Gasteiger partial charge >= 0.3 is 5.97 Å². The number of carbonyl (C=O) groups is 3. The fraction of sp³-hybridized carbons (Fsp3) is 0.333. The molecule has 0 unspecified atom stereocenters. The van der Waals surface area contributed by atoms with Crippen LogP contribution in [-0.4, -0.2) is 41.0 Å². The molecule has 1 aromatic heterocycles. The molecule has 0 saturated carbocycles. The first-order chi connectivity index (χ1) is 8.91. The molecule has 1 rings (SSSR count). The van der Waals surface area contributed by atoms with Crippen molar-refractivity contribution in [1.82, 2.24) is 15.6 Å². The van der Waals surface area contributed by atoms with Gasteiger partial charge < -0.3 is 15.7 Å². The van der Waals surface area contributed by atoms with Crippen LogP contribution in [0.1, 0.15) is 33.5 Å². The van der Waals surface area contributed by atoms with Gasteiger partial charge in [0.2, 0.25) is 5.91 Å². The smallest absolute Gasteiger partial charge is 0.337 e. The van der Waals surface area contributed by atoms with E-state index in [1.807, 2.05) is 0 Å². The van der Waals surface area contributed by atoms with Gasteiger partial charge in [0.15, 0.2) is 0 Å². The summed E-state index contributed by atoms with van der Waals surface area (Å²) in [6.45, 7) is 3.52. The molecular formula is C12H15N3O4. The SMILES string of the molecule is CC(=O)NCCNC(=O)c1ccc(C(=O)O)c(C)n1. The first-order valence-corrected chi connectivity index (χ1v) is 5.65. The monoisotopic (exact) mass is 265 g/mol. The number of carbonyl (C=O) groups excluding carboxylic acids is 2. The number of aromatic nitrogens is 1. The average Bonchev–Trinajstić information content (AvgIpc) is 2.33. The number of rotatable bonds is 5. The fourth-order valence-corrected chi connectivity index (χ4v) is 1.42. The molecule has 0 spiro atoms. The van der Waals surface area contributed by atoms with Gasteiger partial charge in [-0.05, 0) is 19.1 Å². The van der Waals surface area contributed by atoms with Crippen molar-refractivity contribution in [3.05, 3.63) is 29.1 Å². The lowest BCUT2D eigenvalue weighted by molar-refractivity contribution is -0.118. The Morgan fingerprint density at radius 1 is 1.21 bits per heavy atom. The number of carboxylic acids is 1. The highest BCUT2D eigenvalue weighted by Crippen LogP contribution is 2.06. The van der Waals surface area contributed by atoms with Crippen molar-refractivity contribution in [2.75, 3.05) is 13.1 Å². The van der Waals surface area contributed by atoms with Crippen molar-refractivity contribution >= 4 is 17.8 Å². The van der Waals surface area contributed by atoms with Crippen LogP contribution in [0.5, 0.6) is 0 Å². The summed E-state index contributed by atoms with van der Waals surface area (Å²) in [5.74, 6) is -1.66. The third-order valence-corrected chi connectivity index (χ3v) is 2.33. The molecule has 2 amide bonds. The molecule has 1 heterocycles. The summed E-state index contributed by atoms with van der Waals surface area (Å²) in [5, 5.41) is 13.9. The highest BCUT2D eigenvalue weighted by atomic mass is 16.4. The molecule has 0 aliphatic rings. The zero-order valence-electron chi connectivity index (χ0n) is 10.7. The van der Waals surface area contributed by atoms with E-state index in [1.165, 1.54) is 26.0 Å². The molecule has 102 valence electrons. The van der Waals surface area contributed by atoms with Crippen LogP contribution in [-0.2, 0) is 4.79 Å². The van der Waals surface area contributed by atoms with Crippen LogP contribution < -0.4 is 10.6 Å². The number of nitrogens with zero attached hydrogens (tertiary/aromatic N) is 1. The number of hydrogen-bond donors (Lipinski definition) is 3. The second kappa shape index (κ2) is 6.48. The Labute approximate surface area is 110 Å². The van der Waals surface area contributed by atoms with Gasteiger partial charge in [-0.15, -0.1) is 0 Å². The van der Waals surface area contributed by atoms with Crippen molar-refractivity contribution in [2.45, 2.75) is 13.8 Å². The Bertz CT molecular complexity index is 514. The van der Waals surface area contributed by atoms with Gasteiger partial charge in [-0.1, -0.05) is 0 Å². The summed E-state index contributed by atoms with van der Waals surface area (Å²) in [7, 11) is 0. The molecule has 7 nitrogen and oxygen atoms in total. The van der Waals surface area contributed by atoms with E-state index in [0.717, 1.165) is 0 Å². The van der Waals surface area contributed by atoms with Gasteiger partial charge in [0, 0.05) is 20.0 Å². The molecule has 0 atom stereocenters. The van der Waals surface area contributed by atoms with Crippen molar-refractivity contribution in [3.63, 3.8) is 0 Å². The summed E-state index contributed by atoms with van der Waals surface area (Å²) in [6, 6.07) is 2.69. The third-order valence-electron chi connectivity index (χ3n) is 2.33. The Morgan fingerprint density at radius 2 is 1.84 bits per heavy atom. The second-order valence-corrected chi connectivity index (χ2v) is 3.87. The predicted molar refractivity (Wildman–Crippen MR) is 67.0 cm³/mol. The van der Waals surface area contributed by atoms with E-state index in [1.54, 1.807) is 0 Å². The Morgan fingerprint density at radius 3 is 2.37 bits per heavy atom. The number of aryl methyl sites for hydroxylation is 1. The van der Waals surface area contributed by atoms with Crippen molar-refractivity contribution in [2.24, 2.45) is 0 Å². The van der Waals surface area contributed by atoms with Gasteiger partial charge in [-0.3, -0.25) is 9.59 Å². The van der Waals surface area contributed by atoms with Gasteiger partial charge in [-0.2, -0.15) is 0 Å². The molecule has 1 aromatic rings. The topological polar surface area (TPSA) is 108 Å². The van der Waals surface area contributed by atoms with Crippen LogP contribution >= 0.6 is 0 Å². The number of aromatic carboxylic acids is 1. The van der Waals surface area contributed by atoms with Crippen molar-refractivity contribution in [1.29, 1.82) is 0 Å². The van der Waals surface area contributed by atoms with Crippen molar-refractivity contribution < 1.29 is 19.5 Å². The minimum absolute atomic E-state index is 0.0646. The summed E-state index contributed by atoms with van der Waals surface area (Å²) in [6.07, 6.45) is 0. The largest absolute Gasteiger partial charge is 0.478 e. The number of hydrogen-bond acceptors (Lipinski definition) is 4. The average molecular weight is 265 g/mol. The molecule has 0 fully saturated rings. The molecule has 0 saturated heterocycles. The van der Waals surface area contributed by atoms with E-state index in [-0.39, 0.29) is 29.4 Å².